The summed E-state index contributed by atoms with van der Waals surface area (Å²) in [6.45, 7) is 2.31. The number of carboxylic acid groups (broad SMARTS) is 1. The van der Waals surface area contributed by atoms with Crippen LogP contribution < -0.4 is 5.32 Å². The van der Waals surface area contributed by atoms with Crippen LogP contribution in [-0.2, 0) is 11.3 Å². The highest BCUT2D eigenvalue weighted by Crippen LogP contribution is 2.37. The quantitative estimate of drug-likeness (QED) is 0.222. The molecule has 0 saturated carbocycles. The zero-order valence-electron chi connectivity index (χ0n) is 20.5. The maximum atomic E-state index is 12.7. The van der Waals surface area contributed by atoms with Gasteiger partial charge in [0, 0.05) is 23.4 Å². The average Bonchev–Trinajstić information content (AvgIpc) is 3.19. The van der Waals surface area contributed by atoms with Crippen molar-refractivity contribution in [3.8, 4) is 11.1 Å². The van der Waals surface area contributed by atoms with E-state index in [1.54, 1.807) is 10.6 Å². The molecule has 5 nitrogen and oxygen atoms in total. The molecule has 0 bridgehead atoms. The van der Waals surface area contributed by atoms with Gasteiger partial charge in [0.15, 0.2) is 5.69 Å². The van der Waals surface area contributed by atoms with Crippen molar-refractivity contribution in [1.29, 1.82) is 0 Å². The van der Waals surface area contributed by atoms with Crippen molar-refractivity contribution in [1.82, 2.24) is 4.57 Å². The van der Waals surface area contributed by atoms with Crippen LogP contribution in [0.3, 0.4) is 0 Å². The number of fused-ring (bicyclic) bond motifs is 2. The van der Waals surface area contributed by atoms with Crippen LogP contribution in [0.1, 0.15) is 42.2 Å². The molecule has 0 aliphatic carbocycles. The van der Waals surface area contributed by atoms with Crippen molar-refractivity contribution in [2.45, 2.75) is 32.7 Å². The number of hydrogen-bond acceptors (Lipinski definition) is 2. The van der Waals surface area contributed by atoms with E-state index in [1.807, 2.05) is 61.5 Å². The molecular formula is C31H27ClN2O3. The largest absolute Gasteiger partial charge is 0.477 e. The number of nitrogens with zero attached hydrogens (tertiary/aromatic N) is 1. The molecular weight excluding hydrogens is 484 g/mol. The molecule has 4 aromatic carbocycles. The Morgan fingerprint density at radius 2 is 1.70 bits per heavy atom. The molecule has 1 heterocycles. The van der Waals surface area contributed by atoms with E-state index in [-0.39, 0.29) is 11.6 Å². The molecule has 0 aliphatic heterocycles. The number of benzene rings is 4. The Kier molecular flexibility index (Phi) is 6.97. The lowest BCUT2D eigenvalue weighted by Gasteiger charge is -2.11. The SMILES string of the molecule is CCCCC(=O)Nc1c(C(=O)O)n(Cc2cccc(Cl)c2)c2cc(-c3cccc4ccccc34)ccc12. The number of carbonyl (C=O) groups excluding carboxylic acids is 1. The first-order valence-electron chi connectivity index (χ1n) is 12.4. The lowest BCUT2D eigenvalue weighted by atomic mass is 9.97. The second-order valence-electron chi connectivity index (χ2n) is 9.16. The molecule has 0 radical (unpaired) electrons. The summed E-state index contributed by atoms with van der Waals surface area (Å²) in [5, 5.41) is 16.7. The summed E-state index contributed by atoms with van der Waals surface area (Å²) in [5.74, 6) is -1.29. The van der Waals surface area contributed by atoms with Gasteiger partial charge in [-0.1, -0.05) is 91.7 Å². The normalized spacial score (nSPS) is 11.2. The fourth-order valence-corrected chi connectivity index (χ4v) is 5.08. The predicted molar refractivity (Wildman–Crippen MR) is 151 cm³/mol. The molecule has 2 N–H and O–H groups in total. The lowest BCUT2D eigenvalue weighted by molar-refractivity contribution is -0.116. The first-order chi connectivity index (χ1) is 18.0. The van der Waals surface area contributed by atoms with Gasteiger partial charge in [-0.15, -0.1) is 0 Å². The molecule has 0 spiro atoms. The van der Waals surface area contributed by atoms with Crippen molar-refractivity contribution in [3.63, 3.8) is 0 Å². The zero-order chi connectivity index (χ0) is 25.9. The third kappa shape index (κ3) is 4.95. The van der Waals surface area contributed by atoms with E-state index in [0.29, 0.717) is 29.1 Å². The van der Waals surface area contributed by atoms with Crippen molar-refractivity contribution >= 4 is 50.8 Å². The third-order valence-electron chi connectivity index (χ3n) is 6.62. The van der Waals surface area contributed by atoms with Crippen LogP contribution in [0, 0.1) is 0 Å². The highest BCUT2D eigenvalue weighted by Gasteiger charge is 2.24. The summed E-state index contributed by atoms with van der Waals surface area (Å²) < 4.78 is 1.76. The number of rotatable bonds is 8. The number of carboxylic acids is 1. The highest BCUT2D eigenvalue weighted by atomic mass is 35.5. The van der Waals surface area contributed by atoms with E-state index in [4.69, 9.17) is 11.6 Å². The molecule has 0 saturated heterocycles. The number of amides is 1. The predicted octanol–water partition coefficient (Wildman–Crippen LogP) is 7.99. The fraction of sp³-hybridized carbons (Fsp3) is 0.161. The van der Waals surface area contributed by atoms with Gasteiger partial charge in [0.1, 0.15) is 0 Å². The van der Waals surface area contributed by atoms with E-state index >= 15 is 0 Å². The minimum absolute atomic E-state index is 0.0508. The van der Waals surface area contributed by atoms with E-state index in [2.05, 4.69) is 29.6 Å². The van der Waals surface area contributed by atoms with Crippen molar-refractivity contribution in [3.05, 3.63) is 101 Å². The second-order valence-corrected chi connectivity index (χ2v) is 9.59. The Bertz CT molecular complexity index is 1630. The van der Waals surface area contributed by atoms with Crippen LogP contribution in [0.4, 0.5) is 5.69 Å². The number of aromatic nitrogens is 1. The first-order valence-corrected chi connectivity index (χ1v) is 12.8. The summed E-state index contributed by atoms with van der Waals surface area (Å²) >= 11 is 6.23. The number of nitrogens with one attached hydrogen (secondary N) is 1. The van der Waals surface area contributed by atoms with Gasteiger partial charge in [0.25, 0.3) is 0 Å². The highest BCUT2D eigenvalue weighted by molar-refractivity contribution is 6.30. The van der Waals surface area contributed by atoms with Gasteiger partial charge in [-0.05, 0) is 52.1 Å². The smallest absolute Gasteiger partial charge is 0.354 e. The molecule has 0 atom stereocenters. The average molecular weight is 511 g/mol. The van der Waals surface area contributed by atoms with E-state index in [0.717, 1.165) is 45.8 Å². The van der Waals surface area contributed by atoms with Crippen LogP contribution in [0.5, 0.6) is 0 Å². The topological polar surface area (TPSA) is 71.3 Å². The Morgan fingerprint density at radius 1 is 0.919 bits per heavy atom. The zero-order valence-corrected chi connectivity index (χ0v) is 21.3. The number of hydrogen-bond donors (Lipinski definition) is 2. The van der Waals surface area contributed by atoms with Crippen molar-refractivity contribution < 1.29 is 14.7 Å². The van der Waals surface area contributed by atoms with Crippen LogP contribution in [0.15, 0.2) is 84.9 Å². The summed E-state index contributed by atoms with van der Waals surface area (Å²) in [6, 6.07) is 27.6. The van der Waals surface area contributed by atoms with Crippen LogP contribution in [0.25, 0.3) is 32.8 Å². The number of unbranched alkanes of at least 4 members (excludes halogenated alkanes) is 1. The van der Waals surface area contributed by atoms with E-state index in [1.165, 1.54) is 0 Å². The molecule has 1 aromatic heterocycles. The molecule has 0 unspecified atom stereocenters. The molecule has 5 rings (SSSR count). The number of aromatic carboxylic acids is 1. The molecule has 0 fully saturated rings. The summed E-state index contributed by atoms with van der Waals surface area (Å²) in [5.41, 5.74) is 4.00. The molecule has 1 amide bonds. The Hall–Kier alpha value is -4.09. The van der Waals surface area contributed by atoms with Gasteiger partial charge in [-0.3, -0.25) is 4.79 Å². The minimum atomic E-state index is -1.10. The fourth-order valence-electron chi connectivity index (χ4n) is 4.86. The van der Waals surface area contributed by atoms with Gasteiger partial charge in [-0.2, -0.15) is 0 Å². The third-order valence-corrected chi connectivity index (χ3v) is 6.85. The van der Waals surface area contributed by atoms with Gasteiger partial charge in [0.2, 0.25) is 5.91 Å². The second kappa shape index (κ2) is 10.5. The summed E-state index contributed by atoms with van der Waals surface area (Å²) in [6.07, 6.45) is 1.95. The van der Waals surface area contributed by atoms with E-state index < -0.39 is 5.97 Å². The van der Waals surface area contributed by atoms with Gasteiger partial charge < -0.3 is 15.0 Å². The Morgan fingerprint density at radius 3 is 2.49 bits per heavy atom. The molecule has 37 heavy (non-hydrogen) atoms. The maximum Gasteiger partial charge on any atom is 0.354 e. The standard InChI is InChI=1S/C31H27ClN2O3/c1-2-3-14-28(35)33-29-26-16-15-22(25-13-7-10-21-9-4-5-12-24(21)25)18-27(26)34(30(29)31(36)37)19-20-8-6-11-23(32)17-20/h4-13,15-18H,2-3,14,19H2,1H3,(H,33,35)(H,36,37). The van der Waals surface area contributed by atoms with Gasteiger partial charge >= 0.3 is 5.97 Å². The lowest BCUT2D eigenvalue weighted by Crippen LogP contribution is -2.16. The first kappa shape index (κ1) is 24.6. The Labute approximate surface area is 220 Å². The van der Waals surface area contributed by atoms with Gasteiger partial charge in [-0.25, -0.2) is 4.79 Å². The maximum absolute atomic E-state index is 12.7. The number of halogens is 1. The molecule has 5 aromatic rings. The van der Waals surface area contributed by atoms with Gasteiger partial charge in [0.05, 0.1) is 11.2 Å². The molecule has 0 aliphatic rings. The monoisotopic (exact) mass is 510 g/mol. The van der Waals surface area contributed by atoms with Crippen LogP contribution in [-0.4, -0.2) is 21.6 Å². The van der Waals surface area contributed by atoms with E-state index in [9.17, 15) is 14.7 Å². The van der Waals surface area contributed by atoms with Crippen LogP contribution in [0.2, 0.25) is 5.02 Å². The number of carbonyl (C=O) groups is 2. The Balaban J connectivity index is 1.73. The summed E-state index contributed by atoms with van der Waals surface area (Å²) in [7, 11) is 0. The molecule has 186 valence electrons. The minimum Gasteiger partial charge on any atom is -0.477 e. The van der Waals surface area contributed by atoms with Crippen molar-refractivity contribution in [2.24, 2.45) is 0 Å². The van der Waals surface area contributed by atoms with Crippen LogP contribution >= 0.6 is 11.6 Å². The van der Waals surface area contributed by atoms with Crippen molar-refractivity contribution in [2.75, 3.05) is 5.32 Å². The summed E-state index contributed by atoms with van der Waals surface area (Å²) in [4.78, 5) is 25.3. The number of anilines is 1. The molecule has 6 heteroatoms.